The molecule has 7 aliphatic rings. The number of esters is 2. The van der Waals surface area contributed by atoms with Gasteiger partial charge in [-0.1, -0.05) is 57.3 Å². The molecule has 48 heavy (non-hydrogen) atoms. The van der Waals surface area contributed by atoms with Crippen LogP contribution in [0.5, 0.6) is 0 Å². The summed E-state index contributed by atoms with van der Waals surface area (Å²) in [5.74, 6) is 3.32. The van der Waals surface area contributed by atoms with E-state index in [0.29, 0.717) is 37.0 Å². The van der Waals surface area contributed by atoms with Gasteiger partial charge in [-0.2, -0.15) is 0 Å². The van der Waals surface area contributed by atoms with Gasteiger partial charge < -0.3 is 9.47 Å². The first-order chi connectivity index (χ1) is 23.1. The number of ether oxygens (including phenoxy) is 2. The van der Waals surface area contributed by atoms with Crippen LogP contribution >= 0.6 is 0 Å². The standard InChI is InChI=1S/C42H60O6/c1-28(34-14-15-41(3)25-35-29(2)18-37(44)40(35)33(27-43)11-12-36(34)41)10-13-38(45)47-16-8-6-4-5-7-9-17-48-39(46)26-42-22-30-19-31(23-42)21-32(20-30)24-42/h10-11,13,18,27-28,30-32,34-36,40H,4-9,12,14-17,19-26H2,1-3H3/b13-10+,33-11-/t28-,30?,31?,32?,34+,35+,36-,40-,41+,42?/m0/s1. The molecule has 4 bridgehead atoms. The van der Waals surface area contributed by atoms with E-state index in [9.17, 15) is 19.2 Å². The van der Waals surface area contributed by atoms with E-state index in [0.717, 1.165) is 93.8 Å². The van der Waals surface area contributed by atoms with Gasteiger partial charge in [0, 0.05) is 6.08 Å². The van der Waals surface area contributed by atoms with Crippen molar-refractivity contribution in [2.75, 3.05) is 13.2 Å². The van der Waals surface area contributed by atoms with Crippen molar-refractivity contribution in [1.82, 2.24) is 0 Å². The number of hydrogen-bond acceptors (Lipinski definition) is 6. The third kappa shape index (κ3) is 7.94. The van der Waals surface area contributed by atoms with Crippen molar-refractivity contribution in [1.29, 1.82) is 0 Å². The second-order valence-corrected chi connectivity index (χ2v) is 17.4. The first-order valence-electron chi connectivity index (χ1n) is 19.5. The molecule has 0 radical (unpaired) electrons. The van der Waals surface area contributed by atoms with E-state index in [2.05, 4.69) is 13.8 Å². The number of carbonyl (C=O) groups is 4. The zero-order valence-electron chi connectivity index (χ0n) is 29.9. The van der Waals surface area contributed by atoms with Crippen molar-refractivity contribution in [2.45, 2.75) is 130 Å². The van der Waals surface area contributed by atoms with E-state index >= 15 is 0 Å². The molecule has 0 saturated heterocycles. The normalized spacial score (nSPS) is 38.4. The number of ketones is 1. The van der Waals surface area contributed by atoms with Crippen LogP contribution in [0.2, 0.25) is 0 Å². The first-order valence-corrected chi connectivity index (χ1v) is 19.5. The van der Waals surface area contributed by atoms with Gasteiger partial charge in [-0.05, 0) is 148 Å². The zero-order chi connectivity index (χ0) is 33.9. The van der Waals surface area contributed by atoms with Crippen LogP contribution < -0.4 is 0 Å². The van der Waals surface area contributed by atoms with E-state index in [4.69, 9.17) is 9.47 Å². The fraction of sp³-hybridized carbons (Fsp3) is 0.762. The molecule has 0 amide bonds. The third-order valence-corrected chi connectivity index (χ3v) is 13.9. The molecule has 5 fully saturated rings. The van der Waals surface area contributed by atoms with Crippen LogP contribution in [0, 0.1) is 58.2 Å². The minimum Gasteiger partial charge on any atom is -0.466 e. The lowest BCUT2D eigenvalue weighted by Crippen LogP contribution is -2.47. The molecule has 264 valence electrons. The highest BCUT2D eigenvalue weighted by molar-refractivity contribution is 6.01. The van der Waals surface area contributed by atoms with Crippen molar-refractivity contribution in [3.8, 4) is 0 Å². The number of carbonyl (C=O) groups excluding carboxylic acids is 4. The number of hydrogen-bond donors (Lipinski definition) is 0. The molecule has 0 unspecified atom stereocenters. The Morgan fingerprint density at radius 3 is 2.21 bits per heavy atom. The average Bonchev–Trinajstić information content (AvgIpc) is 3.48. The summed E-state index contributed by atoms with van der Waals surface area (Å²) in [7, 11) is 0. The van der Waals surface area contributed by atoms with Crippen LogP contribution in [-0.4, -0.2) is 37.2 Å². The molecule has 6 nitrogen and oxygen atoms in total. The molecule has 0 aromatic carbocycles. The van der Waals surface area contributed by atoms with Crippen LogP contribution in [0.4, 0.5) is 0 Å². The van der Waals surface area contributed by atoms with Gasteiger partial charge in [0.25, 0.3) is 0 Å². The molecule has 0 aromatic rings. The maximum Gasteiger partial charge on any atom is 0.330 e. The molecule has 6 atom stereocenters. The Morgan fingerprint density at radius 1 is 0.938 bits per heavy atom. The van der Waals surface area contributed by atoms with Gasteiger partial charge in [-0.25, -0.2) is 4.79 Å². The van der Waals surface area contributed by atoms with Gasteiger partial charge in [0.15, 0.2) is 5.78 Å². The smallest absolute Gasteiger partial charge is 0.330 e. The molecule has 7 rings (SSSR count). The van der Waals surface area contributed by atoms with Gasteiger partial charge in [-0.15, -0.1) is 0 Å². The lowest BCUT2D eigenvalue weighted by molar-refractivity contribution is -0.152. The predicted octanol–water partition coefficient (Wildman–Crippen LogP) is 8.93. The highest BCUT2D eigenvalue weighted by Crippen LogP contribution is 2.61. The summed E-state index contributed by atoms with van der Waals surface area (Å²) in [5, 5.41) is 0. The number of allylic oxidation sites excluding steroid dienone is 5. The van der Waals surface area contributed by atoms with Gasteiger partial charge in [0.1, 0.15) is 6.29 Å². The lowest BCUT2D eigenvalue weighted by Gasteiger charge is -2.56. The highest BCUT2D eigenvalue weighted by atomic mass is 16.5. The second-order valence-electron chi connectivity index (χ2n) is 17.4. The first kappa shape index (κ1) is 35.3. The van der Waals surface area contributed by atoms with Gasteiger partial charge in [0.2, 0.25) is 0 Å². The van der Waals surface area contributed by atoms with E-state index in [1.807, 2.05) is 19.1 Å². The summed E-state index contributed by atoms with van der Waals surface area (Å²) in [6, 6.07) is 0. The number of unbranched alkanes of at least 4 members (excludes halogenated alkanes) is 5. The molecule has 7 aliphatic carbocycles. The third-order valence-electron chi connectivity index (χ3n) is 13.9. The highest BCUT2D eigenvalue weighted by Gasteiger charge is 2.52. The number of fused-ring (bicyclic) bond motifs is 2. The summed E-state index contributed by atoms with van der Waals surface area (Å²) in [5.41, 5.74) is 2.13. The zero-order valence-corrected chi connectivity index (χ0v) is 29.9. The average molecular weight is 661 g/mol. The van der Waals surface area contributed by atoms with E-state index in [-0.39, 0.29) is 46.3 Å². The minimum atomic E-state index is -0.302. The number of aldehydes is 1. The molecule has 0 N–H and O–H groups in total. The molecule has 0 aliphatic heterocycles. The topological polar surface area (TPSA) is 86.7 Å². The lowest BCUT2D eigenvalue weighted by atomic mass is 9.49. The predicted molar refractivity (Wildman–Crippen MR) is 187 cm³/mol. The second kappa shape index (κ2) is 15.2. The molecule has 0 aromatic heterocycles. The Labute approximate surface area is 288 Å². The van der Waals surface area contributed by atoms with Gasteiger partial charge >= 0.3 is 11.9 Å². The fourth-order valence-corrected chi connectivity index (χ4v) is 11.9. The summed E-state index contributed by atoms with van der Waals surface area (Å²) in [6.45, 7) is 7.59. The summed E-state index contributed by atoms with van der Waals surface area (Å²) in [4.78, 5) is 49.8. The Bertz CT molecular complexity index is 1270. The van der Waals surface area contributed by atoms with E-state index in [1.54, 1.807) is 12.2 Å². The molecular weight excluding hydrogens is 600 g/mol. The summed E-state index contributed by atoms with van der Waals surface area (Å²) >= 11 is 0. The van der Waals surface area contributed by atoms with Gasteiger partial charge in [-0.3, -0.25) is 14.4 Å². The van der Waals surface area contributed by atoms with Crippen LogP contribution in [-0.2, 0) is 28.7 Å². The Morgan fingerprint density at radius 2 is 1.56 bits per heavy atom. The largest absolute Gasteiger partial charge is 0.466 e. The fourth-order valence-electron chi connectivity index (χ4n) is 11.9. The monoisotopic (exact) mass is 660 g/mol. The SMILES string of the molecule is CC1=CC(=O)[C@H]2/C(C=O)=C\C[C@H]3[C@@H]([C@@H](C)/C=C/C(=O)OCCCCCCCCOC(=O)CC45CC6CC(CC(C6)C4)C5)CC[C@]3(C)C[C@H]12. The maximum absolute atomic E-state index is 12.7. The van der Waals surface area contributed by atoms with Crippen molar-refractivity contribution < 1.29 is 28.7 Å². The van der Waals surface area contributed by atoms with E-state index in [1.165, 1.54) is 38.5 Å². The Balaban J connectivity index is 0.831. The van der Waals surface area contributed by atoms with Crippen molar-refractivity contribution in [2.24, 2.45) is 58.2 Å². The van der Waals surface area contributed by atoms with Crippen LogP contribution in [0.15, 0.2) is 35.5 Å². The van der Waals surface area contributed by atoms with Crippen LogP contribution in [0.25, 0.3) is 0 Å². The van der Waals surface area contributed by atoms with Crippen LogP contribution in [0.1, 0.15) is 130 Å². The van der Waals surface area contributed by atoms with Gasteiger partial charge in [0.05, 0.1) is 25.6 Å². The molecule has 6 heteroatoms. The molecule has 0 spiro atoms. The van der Waals surface area contributed by atoms with Crippen molar-refractivity contribution in [3.63, 3.8) is 0 Å². The maximum atomic E-state index is 12.7. The Kier molecular flexibility index (Phi) is 11.2. The van der Waals surface area contributed by atoms with E-state index < -0.39 is 0 Å². The number of rotatable bonds is 15. The summed E-state index contributed by atoms with van der Waals surface area (Å²) in [6.07, 6.45) is 27.0. The van der Waals surface area contributed by atoms with Crippen molar-refractivity contribution >= 4 is 24.0 Å². The molecular formula is C42H60O6. The summed E-state index contributed by atoms with van der Waals surface area (Å²) < 4.78 is 11.2. The quantitative estimate of drug-likeness (QED) is 0.0755. The molecule has 5 saturated carbocycles. The van der Waals surface area contributed by atoms with Crippen molar-refractivity contribution in [3.05, 3.63) is 35.5 Å². The Hall–Kier alpha value is -2.50. The molecule has 0 heterocycles. The minimum absolute atomic E-state index is 0.0302. The van der Waals surface area contributed by atoms with Crippen LogP contribution in [0.3, 0.4) is 0 Å².